The minimum Gasteiger partial charge on any atom is -0.346 e. The Balaban J connectivity index is 1.91. The summed E-state index contributed by atoms with van der Waals surface area (Å²) in [4.78, 5) is 14.6. The third-order valence-corrected chi connectivity index (χ3v) is 3.56. The molecule has 1 saturated heterocycles. The van der Waals surface area contributed by atoms with Crippen molar-refractivity contribution in [2.75, 3.05) is 19.6 Å². The largest absolute Gasteiger partial charge is 0.346 e. The molecule has 3 nitrogen and oxygen atoms in total. The zero-order valence-electron chi connectivity index (χ0n) is 12.0. The summed E-state index contributed by atoms with van der Waals surface area (Å²) in [6.45, 7) is 7.44. The first-order valence-electron chi connectivity index (χ1n) is 7.17. The number of likely N-dealkylation sites (tertiary alicyclic amines) is 1. The Kier molecular flexibility index (Phi) is 4.59. The van der Waals surface area contributed by atoms with Gasteiger partial charge in [0, 0.05) is 17.6 Å². The molecule has 0 radical (unpaired) electrons. The van der Waals surface area contributed by atoms with E-state index in [4.69, 9.17) is 0 Å². The lowest BCUT2D eigenvalue weighted by atomic mass is 10.0. The zero-order valence-corrected chi connectivity index (χ0v) is 12.0. The van der Waals surface area contributed by atoms with Gasteiger partial charge in [0.25, 0.3) is 5.91 Å². The van der Waals surface area contributed by atoms with Gasteiger partial charge in [-0.05, 0) is 51.9 Å². The Labute approximate surface area is 116 Å². The van der Waals surface area contributed by atoms with Gasteiger partial charge in [-0.15, -0.1) is 0 Å². The van der Waals surface area contributed by atoms with E-state index in [0.29, 0.717) is 0 Å². The number of carbonyl (C=O) groups is 1. The van der Waals surface area contributed by atoms with E-state index in [0.717, 1.165) is 25.2 Å². The van der Waals surface area contributed by atoms with Crippen molar-refractivity contribution >= 4 is 5.91 Å². The topological polar surface area (TPSA) is 32.3 Å². The maximum atomic E-state index is 12.2. The summed E-state index contributed by atoms with van der Waals surface area (Å²) in [7, 11) is 0. The van der Waals surface area contributed by atoms with Crippen LogP contribution in [0.3, 0.4) is 0 Å². The van der Waals surface area contributed by atoms with Crippen molar-refractivity contribution in [1.82, 2.24) is 10.2 Å². The van der Waals surface area contributed by atoms with Crippen LogP contribution >= 0.6 is 0 Å². The van der Waals surface area contributed by atoms with Crippen molar-refractivity contribution in [3.8, 4) is 0 Å². The second-order valence-electron chi connectivity index (χ2n) is 6.04. The molecule has 0 atom stereocenters. The van der Waals surface area contributed by atoms with Crippen molar-refractivity contribution < 1.29 is 4.79 Å². The maximum Gasteiger partial charge on any atom is 0.251 e. The van der Waals surface area contributed by atoms with Crippen LogP contribution in [0.5, 0.6) is 0 Å². The molecule has 1 heterocycles. The minimum atomic E-state index is -0.190. The first-order chi connectivity index (χ1) is 9.07. The lowest BCUT2D eigenvalue weighted by Crippen LogP contribution is -2.52. The van der Waals surface area contributed by atoms with Gasteiger partial charge in [-0.3, -0.25) is 4.79 Å². The molecule has 1 aromatic carbocycles. The Bertz CT molecular complexity index is 408. The fourth-order valence-corrected chi connectivity index (χ4v) is 2.69. The average Bonchev–Trinajstić information content (AvgIpc) is 2.39. The van der Waals surface area contributed by atoms with Gasteiger partial charge in [-0.2, -0.15) is 0 Å². The lowest BCUT2D eigenvalue weighted by Gasteiger charge is -2.35. The van der Waals surface area contributed by atoms with Gasteiger partial charge in [-0.1, -0.05) is 24.6 Å². The molecular weight excluding hydrogens is 236 g/mol. The maximum absolute atomic E-state index is 12.2. The van der Waals surface area contributed by atoms with Crippen LogP contribution in [0.4, 0.5) is 0 Å². The molecule has 1 fully saturated rings. The number of rotatable bonds is 4. The summed E-state index contributed by atoms with van der Waals surface area (Å²) in [6, 6.07) is 9.42. The molecule has 0 aromatic heterocycles. The highest BCUT2D eigenvalue weighted by atomic mass is 16.1. The quantitative estimate of drug-likeness (QED) is 0.902. The molecule has 104 valence electrons. The van der Waals surface area contributed by atoms with Gasteiger partial charge in [0.2, 0.25) is 0 Å². The zero-order chi connectivity index (χ0) is 13.7. The van der Waals surface area contributed by atoms with Crippen LogP contribution < -0.4 is 5.32 Å². The van der Waals surface area contributed by atoms with Gasteiger partial charge in [0.1, 0.15) is 0 Å². The van der Waals surface area contributed by atoms with E-state index < -0.39 is 0 Å². The van der Waals surface area contributed by atoms with Crippen LogP contribution in [-0.4, -0.2) is 36.0 Å². The highest BCUT2D eigenvalue weighted by molar-refractivity contribution is 5.94. The summed E-state index contributed by atoms with van der Waals surface area (Å²) < 4.78 is 0. The van der Waals surface area contributed by atoms with E-state index in [-0.39, 0.29) is 11.4 Å². The van der Waals surface area contributed by atoms with E-state index in [1.54, 1.807) is 0 Å². The number of hydrogen-bond donors (Lipinski definition) is 1. The highest BCUT2D eigenvalue weighted by Crippen LogP contribution is 2.14. The van der Waals surface area contributed by atoms with Gasteiger partial charge in [0.15, 0.2) is 0 Å². The van der Waals surface area contributed by atoms with Crippen LogP contribution in [0.2, 0.25) is 0 Å². The molecule has 1 aliphatic rings. The first-order valence-corrected chi connectivity index (χ1v) is 7.17. The van der Waals surface area contributed by atoms with Crippen molar-refractivity contribution in [3.63, 3.8) is 0 Å². The normalized spacial score (nSPS) is 17.2. The number of benzene rings is 1. The number of amides is 1. The van der Waals surface area contributed by atoms with E-state index >= 15 is 0 Å². The number of carbonyl (C=O) groups excluding carboxylic acids is 1. The Morgan fingerprint density at radius 2 is 1.79 bits per heavy atom. The van der Waals surface area contributed by atoms with Crippen LogP contribution in [0.25, 0.3) is 0 Å². The molecule has 2 rings (SSSR count). The standard InChI is InChI=1S/C16H24N2O/c1-16(2,13-18-11-7-4-8-12-18)17-15(19)14-9-5-3-6-10-14/h3,5-6,9-10H,4,7-8,11-13H2,1-2H3,(H,17,19). The van der Waals surface area contributed by atoms with Gasteiger partial charge >= 0.3 is 0 Å². The van der Waals surface area contributed by atoms with Crippen LogP contribution in [0.1, 0.15) is 43.5 Å². The van der Waals surface area contributed by atoms with E-state index in [1.807, 2.05) is 30.3 Å². The van der Waals surface area contributed by atoms with Crippen molar-refractivity contribution in [1.29, 1.82) is 0 Å². The van der Waals surface area contributed by atoms with Crippen molar-refractivity contribution in [2.24, 2.45) is 0 Å². The van der Waals surface area contributed by atoms with Crippen molar-refractivity contribution in [2.45, 2.75) is 38.6 Å². The Morgan fingerprint density at radius 3 is 2.42 bits per heavy atom. The van der Waals surface area contributed by atoms with E-state index in [2.05, 4.69) is 24.1 Å². The third kappa shape index (κ3) is 4.35. The first kappa shape index (κ1) is 14.1. The molecule has 3 heteroatoms. The molecule has 0 unspecified atom stereocenters. The molecular formula is C16H24N2O. The second-order valence-corrected chi connectivity index (χ2v) is 6.04. The molecule has 19 heavy (non-hydrogen) atoms. The predicted octanol–water partition coefficient (Wildman–Crippen LogP) is 2.68. The predicted molar refractivity (Wildman–Crippen MR) is 78.3 cm³/mol. The second kappa shape index (κ2) is 6.20. The van der Waals surface area contributed by atoms with Crippen molar-refractivity contribution in [3.05, 3.63) is 35.9 Å². The number of hydrogen-bond acceptors (Lipinski definition) is 2. The lowest BCUT2D eigenvalue weighted by molar-refractivity contribution is 0.0878. The van der Waals surface area contributed by atoms with Gasteiger partial charge in [0.05, 0.1) is 0 Å². The molecule has 1 aromatic rings. The van der Waals surface area contributed by atoms with Gasteiger partial charge in [-0.25, -0.2) is 0 Å². The summed E-state index contributed by atoms with van der Waals surface area (Å²) in [5.41, 5.74) is 0.541. The molecule has 0 spiro atoms. The molecule has 0 bridgehead atoms. The van der Waals surface area contributed by atoms with Crippen LogP contribution in [0.15, 0.2) is 30.3 Å². The Hall–Kier alpha value is -1.35. The third-order valence-electron chi connectivity index (χ3n) is 3.56. The fourth-order valence-electron chi connectivity index (χ4n) is 2.69. The number of nitrogens with zero attached hydrogens (tertiary/aromatic N) is 1. The van der Waals surface area contributed by atoms with Crippen LogP contribution in [-0.2, 0) is 0 Å². The Morgan fingerprint density at radius 1 is 1.16 bits per heavy atom. The molecule has 1 amide bonds. The molecule has 1 N–H and O–H groups in total. The van der Waals surface area contributed by atoms with Gasteiger partial charge < -0.3 is 10.2 Å². The monoisotopic (exact) mass is 260 g/mol. The van der Waals surface area contributed by atoms with E-state index in [9.17, 15) is 4.79 Å². The molecule has 1 aliphatic heterocycles. The number of piperidine rings is 1. The highest BCUT2D eigenvalue weighted by Gasteiger charge is 2.25. The summed E-state index contributed by atoms with van der Waals surface area (Å²) in [6.07, 6.45) is 3.90. The van der Waals surface area contributed by atoms with Crippen LogP contribution in [0, 0.1) is 0 Å². The minimum absolute atomic E-state index is 0.0163. The number of nitrogens with one attached hydrogen (secondary N) is 1. The smallest absolute Gasteiger partial charge is 0.251 e. The summed E-state index contributed by atoms with van der Waals surface area (Å²) >= 11 is 0. The SMILES string of the molecule is CC(C)(CN1CCCCC1)NC(=O)c1ccccc1. The molecule has 0 saturated carbocycles. The molecule has 0 aliphatic carbocycles. The fraction of sp³-hybridized carbons (Fsp3) is 0.562. The average molecular weight is 260 g/mol. The van der Waals surface area contributed by atoms with E-state index in [1.165, 1.54) is 19.3 Å². The summed E-state index contributed by atoms with van der Waals surface area (Å²) in [5.74, 6) is 0.0163. The summed E-state index contributed by atoms with van der Waals surface area (Å²) in [5, 5.41) is 3.14.